The number of methoxy groups -OCH3 is 1. The van der Waals surface area contributed by atoms with E-state index in [9.17, 15) is 4.79 Å². The first-order valence-electron chi connectivity index (χ1n) is 8.15. The lowest BCUT2D eigenvalue weighted by molar-refractivity contribution is -0.124. The van der Waals surface area contributed by atoms with E-state index < -0.39 is 5.54 Å². The van der Waals surface area contributed by atoms with Crippen LogP contribution < -0.4 is 11.1 Å². The van der Waals surface area contributed by atoms with Crippen molar-refractivity contribution in [1.82, 2.24) is 10.2 Å². The van der Waals surface area contributed by atoms with Gasteiger partial charge in [0.25, 0.3) is 0 Å². The molecule has 1 amide bonds. The summed E-state index contributed by atoms with van der Waals surface area (Å²) in [5.74, 6) is 0.519. The van der Waals surface area contributed by atoms with E-state index in [4.69, 9.17) is 10.5 Å². The monoisotopic (exact) mass is 299 g/mol. The summed E-state index contributed by atoms with van der Waals surface area (Å²) in [5, 5.41) is 3.25. The molecule has 0 aromatic carbocycles. The Morgan fingerprint density at radius 2 is 2.10 bits per heavy atom. The number of nitrogens with one attached hydrogen (secondary N) is 1. The molecule has 3 unspecified atom stereocenters. The number of nitrogens with two attached hydrogens (primary N) is 1. The summed E-state index contributed by atoms with van der Waals surface area (Å²) in [6, 6.07) is 0.821. The Kier molecular flexibility index (Phi) is 7.10. The van der Waals surface area contributed by atoms with Crippen molar-refractivity contribution in [2.75, 3.05) is 26.8 Å². The molecule has 0 aromatic rings. The van der Waals surface area contributed by atoms with Crippen molar-refractivity contribution in [2.45, 2.75) is 64.6 Å². The van der Waals surface area contributed by atoms with Gasteiger partial charge in [0, 0.05) is 25.7 Å². The Labute approximate surface area is 129 Å². The topological polar surface area (TPSA) is 67.6 Å². The molecule has 5 heteroatoms. The van der Waals surface area contributed by atoms with Crippen LogP contribution in [0.3, 0.4) is 0 Å². The van der Waals surface area contributed by atoms with Gasteiger partial charge in [-0.2, -0.15) is 0 Å². The van der Waals surface area contributed by atoms with Crippen molar-refractivity contribution in [3.8, 4) is 0 Å². The molecule has 1 fully saturated rings. The lowest BCUT2D eigenvalue weighted by Crippen LogP contribution is -2.57. The summed E-state index contributed by atoms with van der Waals surface area (Å²) in [5.41, 5.74) is 4.96. The number of nitrogens with zero attached hydrogens (tertiary/aromatic N) is 1. The molecule has 1 saturated carbocycles. The molecule has 0 heterocycles. The first-order valence-corrected chi connectivity index (χ1v) is 8.15. The van der Waals surface area contributed by atoms with E-state index in [0.717, 1.165) is 32.0 Å². The minimum Gasteiger partial charge on any atom is -0.383 e. The molecule has 0 spiro atoms. The highest BCUT2D eigenvalue weighted by Gasteiger charge is 2.38. The van der Waals surface area contributed by atoms with Crippen LogP contribution in [0, 0.1) is 5.92 Å². The van der Waals surface area contributed by atoms with E-state index in [0.29, 0.717) is 6.04 Å². The van der Waals surface area contributed by atoms with Crippen LogP contribution in [0.4, 0.5) is 0 Å². The van der Waals surface area contributed by atoms with Gasteiger partial charge >= 0.3 is 0 Å². The van der Waals surface area contributed by atoms with Gasteiger partial charge in [0.2, 0.25) is 5.91 Å². The van der Waals surface area contributed by atoms with Gasteiger partial charge in [-0.15, -0.1) is 0 Å². The zero-order chi connectivity index (χ0) is 16.0. The van der Waals surface area contributed by atoms with E-state index in [1.165, 1.54) is 12.8 Å². The summed E-state index contributed by atoms with van der Waals surface area (Å²) in [4.78, 5) is 14.3. The van der Waals surface area contributed by atoms with E-state index in [1.54, 1.807) is 7.11 Å². The molecule has 0 saturated heterocycles. The molecular formula is C16H33N3O2. The number of hydrogen-bond donors (Lipinski definition) is 2. The summed E-state index contributed by atoms with van der Waals surface area (Å²) in [6.45, 7) is 10.7. The van der Waals surface area contributed by atoms with E-state index in [-0.39, 0.29) is 11.9 Å². The summed E-state index contributed by atoms with van der Waals surface area (Å²) in [7, 11) is 1.73. The second-order valence-corrected chi connectivity index (χ2v) is 6.59. The minimum atomic E-state index is -0.650. The molecule has 1 rings (SSSR count). The van der Waals surface area contributed by atoms with Gasteiger partial charge in [0.15, 0.2) is 0 Å². The minimum absolute atomic E-state index is 0.276. The zero-order valence-corrected chi connectivity index (χ0v) is 14.3. The van der Waals surface area contributed by atoms with Gasteiger partial charge in [-0.3, -0.25) is 9.69 Å². The molecule has 21 heavy (non-hydrogen) atoms. The van der Waals surface area contributed by atoms with Gasteiger partial charge in [-0.25, -0.2) is 0 Å². The number of carbonyl (C=O) groups is 1. The number of amides is 1. The largest absolute Gasteiger partial charge is 0.383 e. The Hall–Kier alpha value is -0.650. The second kappa shape index (κ2) is 8.11. The van der Waals surface area contributed by atoms with Crippen LogP contribution >= 0.6 is 0 Å². The smallest absolute Gasteiger partial charge is 0.237 e. The van der Waals surface area contributed by atoms with Gasteiger partial charge in [0.1, 0.15) is 0 Å². The average Bonchev–Trinajstić information content (AvgIpc) is 3.23. The normalized spacial score (nSPS) is 21.0. The molecule has 0 radical (unpaired) electrons. The van der Waals surface area contributed by atoms with Crippen LogP contribution in [0.2, 0.25) is 0 Å². The highest BCUT2D eigenvalue weighted by atomic mass is 16.5. The molecule has 3 atom stereocenters. The number of hydrogen-bond acceptors (Lipinski definition) is 4. The first kappa shape index (κ1) is 18.4. The highest BCUT2D eigenvalue weighted by molar-refractivity contribution is 5.84. The van der Waals surface area contributed by atoms with Crippen molar-refractivity contribution in [3.05, 3.63) is 0 Å². The highest BCUT2D eigenvalue weighted by Crippen LogP contribution is 2.36. The van der Waals surface area contributed by atoms with Crippen LogP contribution in [-0.4, -0.2) is 55.2 Å². The predicted octanol–water partition coefficient (Wildman–Crippen LogP) is 1.37. The Morgan fingerprint density at radius 1 is 1.48 bits per heavy atom. The molecule has 124 valence electrons. The molecule has 1 aliphatic rings. The zero-order valence-electron chi connectivity index (χ0n) is 14.3. The first-order chi connectivity index (χ1) is 9.85. The van der Waals surface area contributed by atoms with Crippen LogP contribution in [-0.2, 0) is 9.53 Å². The maximum absolute atomic E-state index is 11.8. The van der Waals surface area contributed by atoms with Crippen LogP contribution in [0.25, 0.3) is 0 Å². The fraction of sp³-hybridized carbons (Fsp3) is 0.938. The Morgan fingerprint density at radius 3 is 2.52 bits per heavy atom. The Balaban J connectivity index is 2.73. The van der Waals surface area contributed by atoms with Gasteiger partial charge in [-0.1, -0.05) is 6.92 Å². The number of ether oxygens (including phenoxy) is 1. The Bertz CT molecular complexity index is 333. The fourth-order valence-corrected chi connectivity index (χ4v) is 3.23. The van der Waals surface area contributed by atoms with E-state index >= 15 is 0 Å². The van der Waals surface area contributed by atoms with Gasteiger partial charge in [0.05, 0.1) is 12.1 Å². The fourth-order valence-electron chi connectivity index (χ4n) is 3.23. The summed E-state index contributed by atoms with van der Waals surface area (Å²) in [6.07, 6.45) is 3.35. The van der Waals surface area contributed by atoms with Gasteiger partial charge < -0.3 is 15.8 Å². The average molecular weight is 299 g/mol. The number of rotatable bonds is 11. The molecule has 0 bridgehead atoms. The predicted molar refractivity (Wildman–Crippen MR) is 86.1 cm³/mol. The number of carbonyl (C=O) groups excluding carboxylic acids is 1. The van der Waals surface area contributed by atoms with Crippen molar-refractivity contribution < 1.29 is 9.53 Å². The van der Waals surface area contributed by atoms with Gasteiger partial charge in [-0.05, 0) is 52.5 Å². The number of primary amides is 1. The van der Waals surface area contributed by atoms with Crippen molar-refractivity contribution in [1.29, 1.82) is 0 Å². The maximum atomic E-state index is 11.8. The molecule has 5 nitrogen and oxygen atoms in total. The van der Waals surface area contributed by atoms with Crippen LogP contribution in [0.1, 0.15) is 47.0 Å². The van der Waals surface area contributed by atoms with E-state index in [2.05, 4.69) is 24.1 Å². The molecule has 0 aliphatic heterocycles. The second-order valence-electron chi connectivity index (χ2n) is 6.59. The van der Waals surface area contributed by atoms with Crippen molar-refractivity contribution in [2.24, 2.45) is 11.7 Å². The lowest BCUT2D eigenvalue weighted by Gasteiger charge is -2.39. The third-order valence-corrected chi connectivity index (χ3v) is 4.76. The van der Waals surface area contributed by atoms with Crippen molar-refractivity contribution in [3.63, 3.8) is 0 Å². The SMILES string of the molecule is CCNC(C)(CC(C)N(CCOC)C(C)C1CC1)C(N)=O. The van der Waals surface area contributed by atoms with Crippen LogP contribution in [0.5, 0.6) is 0 Å². The molecule has 3 N–H and O–H groups in total. The summed E-state index contributed by atoms with van der Waals surface area (Å²) < 4.78 is 5.25. The molecular weight excluding hydrogens is 266 g/mol. The summed E-state index contributed by atoms with van der Waals surface area (Å²) >= 11 is 0. The van der Waals surface area contributed by atoms with E-state index in [1.807, 2.05) is 13.8 Å². The lowest BCUT2D eigenvalue weighted by atomic mass is 9.91. The molecule has 0 aromatic heterocycles. The van der Waals surface area contributed by atoms with Crippen molar-refractivity contribution >= 4 is 5.91 Å². The number of likely N-dealkylation sites (N-methyl/N-ethyl adjacent to an activating group) is 1. The maximum Gasteiger partial charge on any atom is 0.237 e. The third-order valence-electron chi connectivity index (χ3n) is 4.76. The third kappa shape index (κ3) is 5.24. The van der Waals surface area contributed by atoms with Crippen LogP contribution in [0.15, 0.2) is 0 Å². The standard InChI is InChI=1S/C16H33N3O2/c1-6-18-16(4,15(17)20)11-12(2)19(9-10-21-5)13(3)14-7-8-14/h12-14,18H,6-11H2,1-5H3,(H2,17,20). The molecule has 1 aliphatic carbocycles. The quantitative estimate of drug-likeness (QED) is 0.604.